The molecule has 2 heterocycles. The van der Waals surface area contributed by atoms with Crippen molar-refractivity contribution in [3.63, 3.8) is 0 Å². The van der Waals surface area contributed by atoms with Crippen molar-refractivity contribution in [3.05, 3.63) is 153 Å². The lowest BCUT2D eigenvalue weighted by atomic mass is 9.68. The van der Waals surface area contributed by atoms with Crippen molar-refractivity contribution in [2.45, 2.75) is 52.7 Å². The van der Waals surface area contributed by atoms with E-state index in [1.807, 2.05) is 0 Å². The molecule has 0 aromatic heterocycles. The summed E-state index contributed by atoms with van der Waals surface area (Å²) in [5, 5.41) is 0. The molecule has 2 aliphatic rings. The summed E-state index contributed by atoms with van der Waals surface area (Å²) in [4.78, 5) is 0. The molecule has 0 radical (unpaired) electrons. The van der Waals surface area contributed by atoms with E-state index in [0.29, 0.717) is 0 Å². The van der Waals surface area contributed by atoms with Crippen LogP contribution in [-0.4, -0.2) is 0 Å². The van der Waals surface area contributed by atoms with Crippen LogP contribution in [-0.2, 0) is 20.7 Å². The first-order valence-corrected chi connectivity index (χ1v) is 13.4. The summed E-state index contributed by atoms with van der Waals surface area (Å²) >= 11 is 0. The van der Waals surface area contributed by atoms with E-state index >= 15 is 0 Å². The molecule has 0 saturated heterocycles. The van der Waals surface area contributed by atoms with Gasteiger partial charge in [-0.05, 0) is 41.5 Å². The number of aryl methyl sites for hydroxylation is 4. The SMILES string of the molecule is CC1=C(c2ccc(C)cc2)OC2(c3ccc(C)cc3)C(C)=C(c3ccc(C)cc3)OC12c1ccc(C)cc1. The molecule has 0 saturated carbocycles. The van der Waals surface area contributed by atoms with Gasteiger partial charge in [0, 0.05) is 33.4 Å². The molecule has 0 bridgehead atoms. The molecule has 190 valence electrons. The molecule has 2 nitrogen and oxygen atoms in total. The van der Waals surface area contributed by atoms with Crippen molar-refractivity contribution in [2.24, 2.45) is 0 Å². The Hall–Kier alpha value is -4.04. The van der Waals surface area contributed by atoms with Crippen molar-refractivity contribution < 1.29 is 9.47 Å². The van der Waals surface area contributed by atoms with Crippen molar-refractivity contribution >= 4 is 11.5 Å². The number of hydrogen-bond acceptors (Lipinski definition) is 2. The van der Waals surface area contributed by atoms with Crippen LogP contribution < -0.4 is 0 Å². The van der Waals surface area contributed by atoms with E-state index in [4.69, 9.17) is 9.47 Å². The first-order valence-electron chi connectivity index (χ1n) is 13.4. The lowest BCUT2D eigenvalue weighted by Gasteiger charge is -2.41. The van der Waals surface area contributed by atoms with Crippen LogP contribution in [0.5, 0.6) is 0 Å². The molecule has 2 heteroatoms. The molecule has 2 aliphatic heterocycles. The monoisotopic (exact) mass is 498 g/mol. The summed E-state index contributed by atoms with van der Waals surface area (Å²) < 4.78 is 14.6. The van der Waals surface area contributed by atoms with Crippen molar-refractivity contribution in [1.29, 1.82) is 0 Å². The van der Waals surface area contributed by atoms with Crippen LogP contribution in [0.1, 0.15) is 58.4 Å². The Labute approximate surface area is 226 Å². The zero-order chi connectivity index (χ0) is 26.7. The number of fused-ring (bicyclic) bond motifs is 1. The molecular formula is C36H34O2. The van der Waals surface area contributed by atoms with Crippen LogP contribution in [0.15, 0.2) is 108 Å². The lowest BCUT2D eigenvalue weighted by Crippen LogP contribution is -2.46. The summed E-state index contributed by atoms with van der Waals surface area (Å²) in [5.41, 5.74) is 9.61. The summed E-state index contributed by atoms with van der Waals surface area (Å²) in [7, 11) is 0. The average Bonchev–Trinajstić information content (AvgIpc) is 3.33. The number of rotatable bonds is 4. The second-order valence-corrected chi connectivity index (χ2v) is 10.9. The maximum absolute atomic E-state index is 7.31. The standard InChI is InChI=1S/C36H34O2/c1-23-7-15-29(16-8-23)33-27(5)35(31-19-11-25(3)12-20-31)36(37-33,32-21-13-26(4)14-22-32)28(6)34(38-35)30-17-9-24(2)10-18-30/h7-22H,1-6H3. The molecule has 2 unspecified atom stereocenters. The fourth-order valence-electron chi connectivity index (χ4n) is 6.10. The van der Waals surface area contributed by atoms with Gasteiger partial charge >= 0.3 is 0 Å². The second-order valence-electron chi connectivity index (χ2n) is 10.9. The molecular weight excluding hydrogens is 464 g/mol. The summed E-state index contributed by atoms with van der Waals surface area (Å²) in [6.45, 7) is 12.8. The van der Waals surface area contributed by atoms with Gasteiger partial charge in [0.05, 0.1) is 0 Å². The Bertz CT molecular complexity index is 1450. The van der Waals surface area contributed by atoms with Gasteiger partial charge < -0.3 is 9.47 Å². The molecule has 0 aliphatic carbocycles. The third kappa shape index (κ3) is 3.40. The van der Waals surface area contributed by atoms with Crippen LogP contribution in [0.3, 0.4) is 0 Å². The Morgan fingerprint density at radius 3 is 0.921 bits per heavy atom. The molecule has 38 heavy (non-hydrogen) atoms. The fourth-order valence-corrected chi connectivity index (χ4v) is 6.10. The smallest absolute Gasteiger partial charge is 0.206 e. The molecule has 4 aromatic carbocycles. The molecule has 0 amide bonds. The van der Waals surface area contributed by atoms with Gasteiger partial charge in [-0.1, -0.05) is 119 Å². The van der Waals surface area contributed by atoms with E-state index < -0.39 is 11.2 Å². The van der Waals surface area contributed by atoms with Crippen LogP contribution in [0.25, 0.3) is 11.5 Å². The second kappa shape index (κ2) is 8.77. The quantitative estimate of drug-likeness (QED) is 0.280. The average molecular weight is 499 g/mol. The number of ether oxygens (including phenoxy) is 2. The van der Waals surface area contributed by atoms with E-state index in [0.717, 1.165) is 44.9 Å². The highest BCUT2D eigenvalue weighted by Crippen LogP contribution is 2.67. The Morgan fingerprint density at radius 1 is 0.368 bits per heavy atom. The zero-order valence-corrected chi connectivity index (χ0v) is 23.1. The van der Waals surface area contributed by atoms with Crippen LogP contribution in [0.2, 0.25) is 0 Å². The molecule has 0 spiro atoms. The van der Waals surface area contributed by atoms with Gasteiger partial charge in [-0.25, -0.2) is 0 Å². The van der Waals surface area contributed by atoms with Gasteiger partial charge in [0.15, 0.2) is 0 Å². The van der Waals surface area contributed by atoms with Crippen molar-refractivity contribution in [1.82, 2.24) is 0 Å². The minimum Gasteiger partial charge on any atom is -0.472 e. The number of hydrogen-bond donors (Lipinski definition) is 0. The predicted octanol–water partition coefficient (Wildman–Crippen LogP) is 8.93. The molecule has 4 aromatic rings. The van der Waals surface area contributed by atoms with Gasteiger partial charge in [0.25, 0.3) is 0 Å². The first kappa shape index (κ1) is 24.3. The minimum atomic E-state index is -0.861. The summed E-state index contributed by atoms with van der Waals surface area (Å²) in [6, 6.07) is 34.7. The van der Waals surface area contributed by atoms with Gasteiger partial charge in [-0.15, -0.1) is 0 Å². The van der Waals surface area contributed by atoms with Crippen LogP contribution in [0.4, 0.5) is 0 Å². The Morgan fingerprint density at radius 2 is 0.632 bits per heavy atom. The maximum atomic E-state index is 7.31. The maximum Gasteiger partial charge on any atom is 0.206 e. The van der Waals surface area contributed by atoms with Gasteiger partial charge in [0.1, 0.15) is 11.5 Å². The zero-order valence-electron chi connectivity index (χ0n) is 23.1. The molecule has 0 N–H and O–H groups in total. The van der Waals surface area contributed by atoms with Crippen LogP contribution >= 0.6 is 0 Å². The van der Waals surface area contributed by atoms with Gasteiger partial charge in [0.2, 0.25) is 11.2 Å². The topological polar surface area (TPSA) is 18.5 Å². The largest absolute Gasteiger partial charge is 0.472 e. The third-order valence-electron chi connectivity index (χ3n) is 8.29. The van der Waals surface area contributed by atoms with Crippen LogP contribution in [0, 0.1) is 27.7 Å². The van der Waals surface area contributed by atoms with E-state index in [1.165, 1.54) is 22.3 Å². The Balaban J connectivity index is 1.68. The van der Waals surface area contributed by atoms with Crippen molar-refractivity contribution in [3.8, 4) is 0 Å². The highest BCUT2D eigenvalue weighted by atomic mass is 16.6. The summed E-state index contributed by atoms with van der Waals surface area (Å²) in [5.74, 6) is 1.77. The van der Waals surface area contributed by atoms with Gasteiger partial charge in [-0.3, -0.25) is 0 Å². The first-order chi connectivity index (χ1) is 18.3. The molecule has 0 fully saturated rings. The predicted molar refractivity (Wildman–Crippen MR) is 155 cm³/mol. The van der Waals surface area contributed by atoms with E-state index in [-0.39, 0.29) is 0 Å². The minimum absolute atomic E-state index is 0.861. The normalized spacial score (nSPS) is 22.4. The van der Waals surface area contributed by atoms with E-state index in [2.05, 4.69) is 139 Å². The Kier molecular flexibility index (Phi) is 5.61. The molecule has 2 atom stereocenters. The van der Waals surface area contributed by atoms with E-state index in [9.17, 15) is 0 Å². The summed E-state index contributed by atoms with van der Waals surface area (Å²) in [6.07, 6.45) is 0. The third-order valence-corrected chi connectivity index (χ3v) is 8.29. The van der Waals surface area contributed by atoms with Crippen molar-refractivity contribution in [2.75, 3.05) is 0 Å². The molecule has 6 rings (SSSR count). The highest BCUT2D eigenvalue weighted by molar-refractivity contribution is 5.79. The van der Waals surface area contributed by atoms with Gasteiger partial charge in [-0.2, -0.15) is 0 Å². The van der Waals surface area contributed by atoms with E-state index in [1.54, 1.807) is 0 Å². The fraction of sp³-hybridized carbons (Fsp3) is 0.222. The highest BCUT2D eigenvalue weighted by Gasteiger charge is 2.69. The number of benzene rings is 4. The lowest BCUT2D eigenvalue weighted by molar-refractivity contribution is -0.0630.